The minimum absolute atomic E-state index is 0.351. The van der Waals surface area contributed by atoms with Crippen LogP contribution >= 0.6 is 0 Å². The van der Waals surface area contributed by atoms with Gasteiger partial charge in [0.15, 0.2) is 5.82 Å². The molecule has 4 rings (SSSR count). The average molecular weight is 416 g/mol. The number of hydrogen-bond donors (Lipinski definition) is 2. The molecule has 0 spiro atoms. The molecule has 0 aliphatic heterocycles. The topological polar surface area (TPSA) is 103 Å². The molecule has 0 atom stereocenters. The highest BCUT2D eigenvalue weighted by Crippen LogP contribution is 2.22. The van der Waals surface area contributed by atoms with Crippen molar-refractivity contribution < 1.29 is 14.3 Å². The zero-order chi connectivity index (χ0) is 21.6. The van der Waals surface area contributed by atoms with Crippen molar-refractivity contribution in [2.24, 2.45) is 0 Å². The van der Waals surface area contributed by atoms with Crippen LogP contribution < -0.4 is 20.1 Å². The van der Waals surface area contributed by atoms with Gasteiger partial charge in [-0.15, -0.1) is 10.2 Å². The Hall–Kier alpha value is -4.40. The summed E-state index contributed by atoms with van der Waals surface area (Å²) in [5, 5.41) is 18.0. The summed E-state index contributed by atoms with van der Waals surface area (Å²) in [6.07, 6.45) is 1.82. The number of rotatable bonds is 6. The molecule has 0 saturated carbocycles. The van der Waals surface area contributed by atoms with Crippen molar-refractivity contribution in [1.29, 1.82) is 0 Å². The van der Waals surface area contributed by atoms with Gasteiger partial charge in [-0.2, -0.15) is 5.10 Å². The molecule has 4 aromatic rings. The van der Waals surface area contributed by atoms with Gasteiger partial charge >= 0.3 is 6.03 Å². The summed E-state index contributed by atoms with van der Waals surface area (Å²) in [4.78, 5) is 12.2. The van der Waals surface area contributed by atoms with Crippen LogP contribution in [0.3, 0.4) is 0 Å². The van der Waals surface area contributed by atoms with Gasteiger partial charge in [-0.3, -0.25) is 0 Å². The Kier molecular flexibility index (Phi) is 5.75. The fraction of sp³-hybridized carbons (Fsp3) is 0.0909. The van der Waals surface area contributed by atoms with E-state index >= 15 is 0 Å². The second-order valence-electron chi connectivity index (χ2n) is 6.57. The van der Waals surface area contributed by atoms with E-state index in [4.69, 9.17) is 9.47 Å². The normalized spacial score (nSPS) is 10.4. The number of nitrogens with zero attached hydrogens (tertiary/aromatic N) is 4. The number of hydrogen-bond acceptors (Lipinski definition) is 6. The molecule has 2 amide bonds. The number of aromatic nitrogens is 4. The zero-order valence-corrected chi connectivity index (χ0v) is 16.9. The van der Waals surface area contributed by atoms with Crippen molar-refractivity contribution in [3.63, 3.8) is 0 Å². The number of methoxy groups -OCH3 is 1. The van der Waals surface area contributed by atoms with E-state index in [9.17, 15) is 4.79 Å². The fourth-order valence-electron chi connectivity index (χ4n) is 2.75. The highest BCUT2D eigenvalue weighted by Gasteiger charge is 2.06. The Labute approximate surface area is 178 Å². The van der Waals surface area contributed by atoms with Gasteiger partial charge in [0.25, 0.3) is 0 Å². The first-order valence-electron chi connectivity index (χ1n) is 9.45. The van der Waals surface area contributed by atoms with Crippen molar-refractivity contribution >= 4 is 17.4 Å². The van der Waals surface area contributed by atoms with Gasteiger partial charge in [0.05, 0.1) is 12.8 Å². The van der Waals surface area contributed by atoms with E-state index in [0.29, 0.717) is 34.6 Å². The standard InChI is InChI=1S/C22H20N6O3/c1-15-12-13-28(27-15)20-10-11-21(26-25-20)31-18-8-6-16(7-9-18)23-22(29)24-17-4-3-5-19(14-17)30-2/h3-14H,1-2H3,(H2,23,24,29). The van der Waals surface area contributed by atoms with E-state index in [-0.39, 0.29) is 6.03 Å². The van der Waals surface area contributed by atoms with E-state index in [1.54, 1.807) is 72.5 Å². The third kappa shape index (κ3) is 5.15. The maximum absolute atomic E-state index is 12.2. The average Bonchev–Trinajstić information content (AvgIpc) is 3.22. The van der Waals surface area contributed by atoms with Crippen molar-refractivity contribution in [3.8, 4) is 23.2 Å². The first kappa shape index (κ1) is 19.9. The van der Waals surface area contributed by atoms with Crippen molar-refractivity contribution in [2.45, 2.75) is 6.92 Å². The van der Waals surface area contributed by atoms with Crippen LogP contribution in [-0.4, -0.2) is 33.1 Å². The smallest absolute Gasteiger partial charge is 0.323 e. The van der Waals surface area contributed by atoms with Crippen LogP contribution in [0.4, 0.5) is 16.2 Å². The van der Waals surface area contributed by atoms with Crippen LogP contribution in [0.1, 0.15) is 5.69 Å². The van der Waals surface area contributed by atoms with Gasteiger partial charge in [0.1, 0.15) is 11.5 Å². The fourth-order valence-corrected chi connectivity index (χ4v) is 2.75. The van der Waals surface area contributed by atoms with Crippen LogP contribution in [0, 0.1) is 6.92 Å². The monoisotopic (exact) mass is 416 g/mol. The van der Waals surface area contributed by atoms with Gasteiger partial charge in [-0.1, -0.05) is 6.07 Å². The summed E-state index contributed by atoms with van der Waals surface area (Å²) in [7, 11) is 1.57. The third-order valence-corrected chi connectivity index (χ3v) is 4.25. The van der Waals surface area contributed by atoms with Crippen molar-refractivity contribution in [1.82, 2.24) is 20.0 Å². The van der Waals surface area contributed by atoms with Crippen molar-refractivity contribution in [2.75, 3.05) is 17.7 Å². The molecule has 0 aliphatic carbocycles. The Bertz CT molecular complexity index is 1170. The Morgan fingerprint density at radius 3 is 2.39 bits per heavy atom. The van der Waals surface area contributed by atoms with E-state index in [1.807, 2.05) is 19.2 Å². The van der Waals surface area contributed by atoms with Crippen LogP contribution in [0.15, 0.2) is 72.9 Å². The van der Waals surface area contributed by atoms with E-state index in [2.05, 4.69) is 25.9 Å². The molecule has 9 heteroatoms. The number of urea groups is 1. The molecular weight excluding hydrogens is 396 g/mol. The highest BCUT2D eigenvalue weighted by atomic mass is 16.5. The molecule has 31 heavy (non-hydrogen) atoms. The Morgan fingerprint density at radius 1 is 0.903 bits per heavy atom. The molecule has 0 unspecified atom stereocenters. The highest BCUT2D eigenvalue weighted by molar-refractivity contribution is 5.99. The van der Waals surface area contributed by atoms with Crippen LogP contribution in [0.2, 0.25) is 0 Å². The molecule has 0 aliphatic rings. The summed E-state index contributed by atoms with van der Waals surface area (Å²) in [5.41, 5.74) is 2.14. The minimum atomic E-state index is -0.364. The number of anilines is 2. The maximum atomic E-state index is 12.2. The molecule has 2 N–H and O–H groups in total. The van der Waals surface area contributed by atoms with Gasteiger partial charge in [-0.05, 0) is 55.5 Å². The number of amides is 2. The van der Waals surface area contributed by atoms with Crippen LogP contribution in [0.25, 0.3) is 5.82 Å². The molecule has 0 saturated heterocycles. The molecule has 2 aromatic heterocycles. The lowest BCUT2D eigenvalue weighted by Crippen LogP contribution is -2.19. The molecule has 0 bridgehead atoms. The van der Waals surface area contributed by atoms with E-state index in [0.717, 1.165) is 5.69 Å². The first-order chi connectivity index (χ1) is 15.1. The quantitative estimate of drug-likeness (QED) is 0.482. The lowest BCUT2D eigenvalue weighted by molar-refractivity contribution is 0.262. The summed E-state index contributed by atoms with van der Waals surface area (Å²) in [6, 6.07) is 19.0. The number of nitrogens with one attached hydrogen (secondary N) is 2. The molecule has 0 radical (unpaired) electrons. The van der Waals surface area contributed by atoms with Crippen molar-refractivity contribution in [3.05, 3.63) is 78.6 Å². The van der Waals surface area contributed by atoms with Gasteiger partial charge in [-0.25, -0.2) is 9.48 Å². The maximum Gasteiger partial charge on any atom is 0.323 e. The summed E-state index contributed by atoms with van der Waals surface area (Å²) in [6.45, 7) is 1.91. The SMILES string of the molecule is COc1cccc(NC(=O)Nc2ccc(Oc3ccc(-n4ccc(C)n4)nn3)cc2)c1. The van der Waals surface area contributed by atoms with Crippen LogP contribution in [0.5, 0.6) is 17.4 Å². The molecule has 0 fully saturated rings. The van der Waals surface area contributed by atoms with Gasteiger partial charge < -0.3 is 20.1 Å². The van der Waals surface area contributed by atoms with Crippen LogP contribution in [-0.2, 0) is 0 Å². The zero-order valence-electron chi connectivity index (χ0n) is 16.9. The number of carbonyl (C=O) groups is 1. The molecule has 156 valence electrons. The lowest BCUT2D eigenvalue weighted by atomic mass is 10.3. The predicted octanol–water partition coefficient (Wildman–Crippen LogP) is 4.42. The first-order valence-corrected chi connectivity index (χ1v) is 9.45. The summed E-state index contributed by atoms with van der Waals surface area (Å²) in [5.74, 6) is 2.18. The number of carbonyl (C=O) groups excluding carboxylic acids is 1. The number of ether oxygens (including phenoxy) is 2. The number of benzene rings is 2. The lowest BCUT2D eigenvalue weighted by Gasteiger charge is -2.10. The summed E-state index contributed by atoms with van der Waals surface area (Å²) < 4.78 is 12.5. The Morgan fingerprint density at radius 2 is 1.71 bits per heavy atom. The largest absolute Gasteiger partial charge is 0.497 e. The Balaban J connectivity index is 1.34. The third-order valence-electron chi connectivity index (χ3n) is 4.25. The summed E-state index contributed by atoms with van der Waals surface area (Å²) >= 11 is 0. The number of aryl methyl sites for hydroxylation is 1. The second kappa shape index (κ2) is 8.95. The van der Waals surface area contributed by atoms with Gasteiger partial charge in [0.2, 0.25) is 5.88 Å². The molecule has 2 aromatic carbocycles. The second-order valence-corrected chi connectivity index (χ2v) is 6.57. The van der Waals surface area contributed by atoms with Gasteiger partial charge in [0, 0.05) is 29.7 Å². The molecule has 2 heterocycles. The minimum Gasteiger partial charge on any atom is -0.497 e. The van der Waals surface area contributed by atoms with E-state index < -0.39 is 0 Å². The van der Waals surface area contributed by atoms with E-state index in [1.165, 1.54) is 0 Å². The molecule has 9 nitrogen and oxygen atoms in total. The molecular formula is C22H20N6O3. The predicted molar refractivity (Wildman–Crippen MR) is 116 cm³/mol.